The van der Waals surface area contributed by atoms with Crippen molar-refractivity contribution in [3.8, 4) is 0 Å². The predicted molar refractivity (Wildman–Crippen MR) is 116 cm³/mol. The van der Waals surface area contributed by atoms with E-state index in [1.165, 1.54) is 19.0 Å². The average molecular weight is 404 g/mol. The molecule has 0 atom stereocenters. The topological polar surface area (TPSA) is 94.3 Å². The number of pyridine rings is 1. The van der Waals surface area contributed by atoms with Crippen LogP contribution >= 0.6 is 0 Å². The molecule has 0 unspecified atom stereocenters. The first-order chi connectivity index (χ1) is 14.6. The SMILES string of the molecule is O=C(CNC(=O)c1c[nH]c2ccccc2c1=O)Nc1ccccc1CN1CCCC1. The molecule has 1 aromatic heterocycles. The van der Waals surface area contributed by atoms with Crippen molar-refractivity contribution in [1.82, 2.24) is 15.2 Å². The molecule has 0 spiro atoms. The number of aromatic nitrogens is 1. The Morgan fingerprint density at radius 2 is 1.73 bits per heavy atom. The number of amides is 2. The van der Waals surface area contributed by atoms with Crippen LogP contribution in [0.1, 0.15) is 28.8 Å². The first-order valence-electron chi connectivity index (χ1n) is 10.1. The third kappa shape index (κ3) is 4.41. The first kappa shape index (κ1) is 19.8. The molecule has 2 amide bonds. The van der Waals surface area contributed by atoms with Crippen molar-refractivity contribution in [2.45, 2.75) is 19.4 Å². The minimum absolute atomic E-state index is 0.0177. The molecule has 2 aromatic carbocycles. The summed E-state index contributed by atoms with van der Waals surface area (Å²) >= 11 is 0. The fraction of sp³-hybridized carbons (Fsp3) is 0.261. The molecule has 1 aliphatic rings. The summed E-state index contributed by atoms with van der Waals surface area (Å²) in [5.41, 5.74) is 2.07. The van der Waals surface area contributed by atoms with Crippen LogP contribution in [0.5, 0.6) is 0 Å². The van der Waals surface area contributed by atoms with Gasteiger partial charge in [-0.15, -0.1) is 0 Å². The monoisotopic (exact) mass is 404 g/mol. The highest BCUT2D eigenvalue weighted by Crippen LogP contribution is 2.19. The van der Waals surface area contributed by atoms with Crippen molar-refractivity contribution in [1.29, 1.82) is 0 Å². The number of para-hydroxylation sites is 2. The summed E-state index contributed by atoms with van der Waals surface area (Å²) < 4.78 is 0. The van der Waals surface area contributed by atoms with Gasteiger partial charge in [0.05, 0.1) is 6.54 Å². The Balaban J connectivity index is 1.39. The van der Waals surface area contributed by atoms with Crippen LogP contribution < -0.4 is 16.1 Å². The van der Waals surface area contributed by atoms with E-state index >= 15 is 0 Å². The summed E-state index contributed by atoms with van der Waals surface area (Å²) in [6.07, 6.45) is 3.78. The van der Waals surface area contributed by atoms with Gasteiger partial charge < -0.3 is 15.6 Å². The molecule has 1 saturated heterocycles. The van der Waals surface area contributed by atoms with Crippen LogP contribution in [0.25, 0.3) is 10.9 Å². The number of nitrogens with zero attached hydrogens (tertiary/aromatic N) is 1. The Bertz CT molecular complexity index is 1130. The van der Waals surface area contributed by atoms with E-state index in [1.54, 1.807) is 18.2 Å². The van der Waals surface area contributed by atoms with Gasteiger partial charge in [-0.25, -0.2) is 0 Å². The lowest BCUT2D eigenvalue weighted by molar-refractivity contribution is -0.115. The Hall–Kier alpha value is -3.45. The predicted octanol–water partition coefficient (Wildman–Crippen LogP) is 2.49. The third-order valence-corrected chi connectivity index (χ3v) is 5.33. The number of hydrogen-bond donors (Lipinski definition) is 3. The first-order valence-corrected chi connectivity index (χ1v) is 10.1. The molecule has 1 aliphatic heterocycles. The average Bonchev–Trinajstić information content (AvgIpc) is 3.27. The number of H-pyrrole nitrogens is 1. The standard InChI is InChI=1S/C23H24N4O3/c28-21(26-19-9-3-1-7-16(19)15-27-11-5-6-12-27)14-25-23(30)18-13-24-20-10-4-2-8-17(20)22(18)29/h1-4,7-10,13H,5-6,11-12,14-15H2,(H,24,29)(H,25,30)(H,26,28). The molecule has 0 aliphatic carbocycles. The number of rotatable bonds is 6. The van der Waals surface area contributed by atoms with Gasteiger partial charge in [0.25, 0.3) is 5.91 Å². The molecule has 0 bridgehead atoms. The van der Waals surface area contributed by atoms with Crippen LogP contribution in [-0.4, -0.2) is 41.3 Å². The van der Waals surface area contributed by atoms with E-state index < -0.39 is 5.91 Å². The highest BCUT2D eigenvalue weighted by atomic mass is 16.2. The van der Waals surface area contributed by atoms with Crippen molar-refractivity contribution < 1.29 is 9.59 Å². The zero-order valence-corrected chi connectivity index (χ0v) is 16.6. The normalized spacial score (nSPS) is 14.0. The van der Waals surface area contributed by atoms with Crippen LogP contribution in [0.2, 0.25) is 0 Å². The highest BCUT2D eigenvalue weighted by Gasteiger charge is 2.16. The second-order valence-corrected chi connectivity index (χ2v) is 7.45. The van der Waals surface area contributed by atoms with E-state index in [0.717, 1.165) is 30.9 Å². The van der Waals surface area contributed by atoms with Crippen molar-refractivity contribution >= 4 is 28.4 Å². The lowest BCUT2D eigenvalue weighted by Gasteiger charge is -2.18. The molecule has 4 rings (SSSR count). The minimum Gasteiger partial charge on any atom is -0.360 e. The van der Waals surface area contributed by atoms with Crippen molar-refractivity contribution in [2.24, 2.45) is 0 Å². The molecule has 1 fully saturated rings. The number of carbonyl (C=O) groups is 2. The summed E-state index contributed by atoms with van der Waals surface area (Å²) in [6.45, 7) is 2.70. The summed E-state index contributed by atoms with van der Waals surface area (Å²) in [6, 6.07) is 14.7. The van der Waals surface area contributed by atoms with Gasteiger partial charge >= 0.3 is 0 Å². The van der Waals surface area contributed by atoms with E-state index in [9.17, 15) is 14.4 Å². The van der Waals surface area contributed by atoms with Crippen LogP contribution in [0, 0.1) is 0 Å². The fourth-order valence-corrected chi connectivity index (χ4v) is 3.75. The van der Waals surface area contributed by atoms with Crippen LogP contribution in [-0.2, 0) is 11.3 Å². The number of nitrogens with one attached hydrogen (secondary N) is 3. The molecular weight excluding hydrogens is 380 g/mol. The van der Waals surface area contributed by atoms with Gasteiger partial charge in [0.2, 0.25) is 11.3 Å². The molecule has 3 aromatic rings. The molecule has 30 heavy (non-hydrogen) atoms. The summed E-state index contributed by atoms with van der Waals surface area (Å²) in [5, 5.41) is 5.84. The van der Waals surface area contributed by atoms with E-state index in [-0.39, 0.29) is 23.4 Å². The van der Waals surface area contributed by atoms with Crippen LogP contribution in [0.4, 0.5) is 5.69 Å². The van der Waals surface area contributed by atoms with Crippen molar-refractivity contribution in [3.63, 3.8) is 0 Å². The van der Waals surface area contributed by atoms with Gasteiger partial charge in [-0.05, 0) is 49.7 Å². The fourth-order valence-electron chi connectivity index (χ4n) is 3.75. The molecule has 0 saturated carbocycles. The Morgan fingerprint density at radius 1 is 1.00 bits per heavy atom. The summed E-state index contributed by atoms with van der Waals surface area (Å²) in [4.78, 5) is 42.7. The van der Waals surface area contributed by atoms with E-state index in [4.69, 9.17) is 0 Å². The van der Waals surface area contributed by atoms with E-state index in [2.05, 4.69) is 20.5 Å². The second-order valence-electron chi connectivity index (χ2n) is 7.45. The Labute approximate surface area is 174 Å². The van der Waals surface area contributed by atoms with Gasteiger partial charge in [-0.2, -0.15) is 0 Å². The van der Waals surface area contributed by atoms with Gasteiger partial charge in [-0.3, -0.25) is 19.3 Å². The molecule has 2 heterocycles. The lowest BCUT2D eigenvalue weighted by Crippen LogP contribution is -2.35. The zero-order chi connectivity index (χ0) is 20.9. The molecule has 3 N–H and O–H groups in total. The lowest BCUT2D eigenvalue weighted by atomic mass is 10.1. The Kier molecular flexibility index (Phi) is 5.90. The van der Waals surface area contributed by atoms with Gasteiger partial charge in [0.1, 0.15) is 5.56 Å². The maximum Gasteiger partial charge on any atom is 0.257 e. The van der Waals surface area contributed by atoms with Crippen LogP contribution in [0.15, 0.2) is 59.5 Å². The molecule has 154 valence electrons. The molecule has 0 radical (unpaired) electrons. The largest absolute Gasteiger partial charge is 0.360 e. The Morgan fingerprint density at radius 3 is 2.57 bits per heavy atom. The number of fused-ring (bicyclic) bond motifs is 1. The minimum atomic E-state index is -0.581. The number of benzene rings is 2. The highest BCUT2D eigenvalue weighted by molar-refractivity contribution is 6.00. The number of anilines is 1. The smallest absolute Gasteiger partial charge is 0.257 e. The third-order valence-electron chi connectivity index (χ3n) is 5.33. The quantitative estimate of drug-likeness (QED) is 0.588. The van der Waals surface area contributed by atoms with Crippen molar-refractivity contribution in [3.05, 3.63) is 76.1 Å². The summed E-state index contributed by atoms with van der Waals surface area (Å²) in [7, 11) is 0. The second kappa shape index (κ2) is 8.92. The van der Waals surface area contributed by atoms with E-state index in [1.807, 2.05) is 30.3 Å². The zero-order valence-electron chi connectivity index (χ0n) is 16.6. The number of aromatic amines is 1. The maximum atomic E-state index is 12.5. The summed E-state index contributed by atoms with van der Waals surface area (Å²) in [5.74, 6) is -0.919. The molecular formula is C23H24N4O3. The molecule has 7 nitrogen and oxygen atoms in total. The van der Waals surface area contributed by atoms with Crippen LogP contribution in [0.3, 0.4) is 0 Å². The van der Waals surface area contributed by atoms with Gasteiger partial charge in [0, 0.05) is 29.3 Å². The number of likely N-dealkylation sites (tertiary alicyclic amines) is 1. The van der Waals surface area contributed by atoms with Gasteiger partial charge in [0.15, 0.2) is 0 Å². The maximum absolute atomic E-state index is 12.5. The molecule has 7 heteroatoms. The number of hydrogen-bond acceptors (Lipinski definition) is 4. The van der Waals surface area contributed by atoms with E-state index in [0.29, 0.717) is 10.9 Å². The van der Waals surface area contributed by atoms with Gasteiger partial charge in [-0.1, -0.05) is 30.3 Å². The number of carbonyl (C=O) groups excluding carboxylic acids is 2. The van der Waals surface area contributed by atoms with Crippen molar-refractivity contribution in [2.75, 3.05) is 25.0 Å².